The molecule has 0 aromatic carbocycles. The lowest BCUT2D eigenvalue weighted by molar-refractivity contribution is -0.140. The molecule has 0 saturated carbocycles. The number of hydrogen-bond acceptors (Lipinski definition) is 4. The molecule has 1 heterocycles. The van der Waals surface area contributed by atoms with Gasteiger partial charge in [-0.15, -0.1) is 0 Å². The van der Waals surface area contributed by atoms with Crippen molar-refractivity contribution < 1.29 is 14.3 Å². The molecule has 0 aromatic rings. The Morgan fingerprint density at radius 2 is 1.41 bits per heavy atom. The van der Waals surface area contributed by atoms with Gasteiger partial charge in [-0.05, 0) is 46.0 Å². The van der Waals surface area contributed by atoms with Gasteiger partial charge < -0.3 is 9.47 Å². The number of hydrogen-bond donors (Lipinski definition) is 1. The minimum absolute atomic E-state index is 0.0658. The minimum atomic E-state index is -0.0757. The Balaban J connectivity index is 1.99. The van der Waals surface area contributed by atoms with E-state index in [1.54, 1.807) is 0 Å². The van der Waals surface area contributed by atoms with E-state index in [0.717, 1.165) is 32.3 Å². The van der Waals surface area contributed by atoms with Gasteiger partial charge in [0.1, 0.15) is 5.72 Å². The zero-order chi connectivity index (χ0) is 20.0. The monoisotopic (exact) mass is 383 g/mol. The lowest BCUT2D eigenvalue weighted by Crippen LogP contribution is -2.48. The first-order valence-corrected chi connectivity index (χ1v) is 11.4. The van der Waals surface area contributed by atoms with E-state index in [1.165, 1.54) is 71.3 Å². The van der Waals surface area contributed by atoms with Gasteiger partial charge in [0.05, 0.1) is 13.7 Å². The molecule has 0 aromatic heterocycles. The Hall–Kier alpha value is -0.610. The average Bonchev–Trinajstić information content (AvgIpc) is 2.95. The molecule has 0 spiro atoms. The van der Waals surface area contributed by atoms with Gasteiger partial charge in [0.25, 0.3) is 0 Å². The maximum atomic E-state index is 11.0. The number of unbranched alkanes of at least 4 members (excludes halogenated alkanes) is 10. The Morgan fingerprint density at radius 1 is 0.889 bits per heavy atom. The predicted octanol–water partition coefficient (Wildman–Crippen LogP) is 6.13. The summed E-state index contributed by atoms with van der Waals surface area (Å²) in [5.74, 6) is -0.0757. The lowest BCUT2D eigenvalue weighted by atomic mass is 9.96. The van der Waals surface area contributed by atoms with Gasteiger partial charge in [-0.25, -0.2) is 0 Å². The molecule has 1 rings (SSSR count). The third-order valence-corrected chi connectivity index (χ3v) is 5.65. The van der Waals surface area contributed by atoms with Crippen LogP contribution in [0.5, 0.6) is 0 Å². The lowest BCUT2D eigenvalue weighted by Gasteiger charge is -2.31. The smallest absolute Gasteiger partial charge is 0.305 e. The zero-order valence-corrected chi connectivity index (χ0v) is 18.5. The van der Waals surface area contributed by atoms with Crippen molar-refractivity contribution in [3.8, 4) is 0 Å². The number of ether oxygens (including phenoxy) is 2. The van der Waals surface area contributed by atoms with Crippen LogP contribution < -0.4 is 5.32 Å². The average molecular weight is 384 g/mol. The number of methoxy groups -OCH3 is 1. The van der Waals surface area contributed by atoms with Gasteiger partial charge in [-0.3, -0.25) is 10.1 Å². The Kier molecular flexibility index (Phi) is 12.3. The van der Waals surface area contributed by atoms with Crippen LogP contribution >= 0.6 is 0 Å². The highest BCUT2D eigenvalue weighted by Gasteiger charge is 2.42. The van der Waals surface area contributed by atoms with Crippen LogP contribution in [0.25, 0.3) is 0 Å². The van der Waals surface area contributed by atoms with E-state index < -0.39 is 0 Å². The normalized spacial score (nSPS) is 21.5. The van der Waals surface area contributed by atoms with Crippen molar-refractivity contribution in [3.63, 3.8) is 0 Å². The van der Waals surface area contributed by atoms with Crippen molar-refractivity contribution in [2.24, 2.45) is 0 Å². The van der Waals surface area contributed by atoms with Gasteiger partial charge in [0, 0.05) is 12.0 Å². The molecule has 1 aliphatic heterocycles. The number of nitrogens with one attached hydrogen (secondary N) is 1. The SMILES string of the molecule is CCCCC1(CCCCCCCCCCCCC(=O)OC)NC(C)(C)CO1. The third kappa shape index (κ3) is 11.1. The van der Waals surface area contributed by atoms with Crippen LogP contribution in [0.4, 0.5) is 0 Å². The highest BCUT2D eigenvalue weighted by molar-refractivity contribution is 5.68. The summed E-state index contributed by atoms with van der Waals surface area (Å²) in [6, 6.07) is 0. The maximum absolute atomic E-state index is 11.0. The van der Waals surface area contributed by atoms with Crippen molar-refractivity contribution in [1.29, 1.82) is 0 Å². The largest absolute Gasteiger partial charge is 0.469 e. The number of carbonyl (C=O) groups is 1. The molecule has 0 aliphatic carbocycles. The summed E-state index contributed by atoms with van der Waals surface area (Å²) in [6.07, 6.45) is 18.0. The fourth-order valence-electron chi connectivity index (χ4n) is 4.06. The van der Waals surface area contributed by atoms with Gasteiger partial charge >= 0.3 is 5.97 Å². The van der Waals surface area contributed by atoms with E-state index in [2.05, 4.69) is 30.8 Å². The minimum Gasteiger partial charge on any atom is -0.469 e. The molecule has 1 aliphatic rings. The van der Waals surface area contributed by atoms with Crippen molar-refractivity contribution in [1.82, 2.24) is 5.32 Å². The van der Waals surface area contributed by atoms with Crippen LogP contribution in [0.3, 0.4) is 0 Å². The topological polar surface area (TPSA) is 47.6 Å². The molecule has 4 nitrogen and oxygen atoms in total. The molecule has 1 unspecified atom stereocenters. The van der Waals surface area contributed by atoms with Gasteiger partial charge in [-0.2, -0.15) is 0 Å². The predicted molar refractivity (Wildman–Crippen MR) is 113 cm³/mol. The summed E-state index contributed by atoms with van der Waals surface area (Å²) in [4.78, 5) is 11.0. The second-order valence-corrected chi connectivity index (χ2v) is 9.01. The van der Waals surface area contributed by atoms with Crippen LogP contribution in [-0.4, -0.2) is 30.9 Å². The first kappa shape index (κ1) is 24.4. The first-order valence-electron chi connectivity index (χ1n) is 11.4. The zero-order valence-electron chi connectivity index (χ0n) is 18.5. The molecule has 1 saturated heterocycles. The summed E-state index contributed by atoms with van der Waals surface area (Å²) < 4.78 is 10.9. The molecular weight excluding hydrogens is 338 g/mol. The van der Waals surface area contributed by atoms with Gasteiger partial charge in [-0.1, -0.05) is 64.7 Å². The number of rotatable bonds is 16. The highest BCUT2D eigenvalue weighted by Crippen LogP contribution is 2.32. The molecule has 1 atom stereocenters. The maximum Gasteiger partial charge on any atom is 0.305 e. The van der Waals surface area contributed by atoms with Crippen LogP contribution in [0, 0.1) is 0 Å². The van der Waals surface area contributed by atoms with E-state index in [1.807, 2.05) is 0 Å². The van der Waals surface area contributed by atoms with Crippen LogP contribution in [0.2, 0.25) is 0 Å². The second-order valence-electron chi connectivity index (χ2n) is 9.01. The quantitative estimate of drug-likeness (QED) is 0.257. The fourth-order valence-corrected chi connectivity index (χ4v) is 4.06. The van der Waals surface area contributed by atoms with Crippen LogP contribution in [0.15, 0.2) is 0 Å². The van der Waals surface area contributed by atoms with E-state index in [-0.39, 0.29) is 17.2 Å². The number of carbonyl (C=O) groups excluding carboxylic acids is 1. The number of esters is 1. The van der Waals surface area contributed by atoms with Crippen molar-refractivity contribution in [2.45, 2.75) is 128 Å². The van der Waals surface area contributed by atoms with Crippen molar-refractivity contribution in [3.05, 3.63) is 0 Å². The molecule has 1 N–H and O–H groups in total. The molecule has 160 valence electrons. The van der Waals surface area contributed by atoms with E-state index in [4.69, 9.17) is 4.74 Å². The Labute approximate surface area is 168 Å². The Bertz CT molecular complexity index is 397. The summed E-state index contributed by atoms with van der Waals surface area (Å²) in [5, 5.41) is 3.77. The van der Waals surface area contributed by atoms with Gasteiger partial charge in [0.15, 0.2) is 0 Å². The van der Waals surface area contributed by atoms with Crippen LogP contribution in [-0.2, 0) is 14.3 Å². The van der Waals surface area contributed by atoms with E-state index >= 15 is 0 Å². The molecule has 0 amide bonds. The highest BCUT2D eigenvalue weighted by atomic mass is 16.5. The van der Waals surface area contributed by atoms with Crippen LogP contribution in [0.1, 0.15) is 117 Å². The summed E-state index contributed by atoms with van der Waals surface area (Å²) >= 11 is 0. The standard InChI is InChI=1S/C23H45NO3/c1-5-6-18-23(24-22(2,3)20-27-23)19-16-14-12-10-8-7-9-11-13-15-17-21(25)26-4/h24H,5-20H2,1-4H3. The summed E-state index contributed by atoms with van der Waals surface area (Å²) in [5.41, 5.74) is 0.0499. The van der Waals surface area contributed by atoms with E-state index in [9.17, 15) is 4.79 Å². The molecule has 0 radical (unpaired) electrons. The molecule has 0 bridgehead atoms. The summed E-state index contributed by atoms with van der Waals surface area (Å²) in [6.45, 7) is 7.58. The molecule has 27 heavy (non-hydrogen) atoms. The molecule has 1 fully saturated rings. The summed E-state index contributed by atoms with van der Waals surface area (Å²) in [7, 11) is 1.46. The first-order chi connectivity index (χ1) is 12.9. The molecule has 4 heteroatoms. The van der Waals surface area contributed by atoms with Gasteiger partial charge in [0.2, 0.25) is 0 Å². The fraction of sp³-hybridized carbons (Fsp3) is 0.957. The van der Waals surface area contributed by atoms with Crippen molar-refractivity contribution in [2.75, 3.05) is 13.7 Å². The third-order valence-electron chi connectivity index (χ3n) is 5.65. The van der Waals surface area contributed by atoms with Crippen molar-refractivity contribution >= 4 is 5.97 Å². The molecular formula is C23H45NO3. The second kappa shape index (κ2) is 13.5. The van der Waals surface area contributed by atoms with E-state index in [0.29, 0.717) is 6.42 Å². The Morgan fingerprint density at radius 3 is 1.89 bits per heavy atom.